The van der Waals surface area contributed by atoms with Crippen LogP contribution in [0.2, 0.25) is 0 Å². The summed E-state index contributed by atoms with van der Waals surface area (Å²) in [6.07, 6.45) is 13.1. The number of carbonyl (C=O) groups excluding carboxylic acids is 1. The molecule has 2 fully saturated rings. The summed E-state index contributed by atoms with van der Waals surface area (Å²) in [5.41, 5.74) is 0. The fraction of sp³-hybridized carbons (Fsp3) is 0.941. The van der Waals surface area contributed by atoms with Gasteiger partial charge < -0.3 is 4.74 Å². The summed E-state index contributed by atoms with van der Waals surface area (Å²) in [4.78, 5) is 14.6. The molecule has 0 aliphatic heterocycles. The Kier molecular flexibility index (Phi) is 6.34. The Morgan fingerprint density at radius 3 is 1.80 bits per heavy atom. The average molecular weight is 281 g/mol. The van der Waals surface area contributed by atoms with Gasteiger partial charge in [-0.2, -0.15) is 0 Å². The highest BCUT2D eigenvalue weighted by molar-refractivity contribution is 5.71. The van der Waals surface area contributed by atoms with Crippen LogP contribution in [0.3, 0.4) is 0 Å². The molecule has 0 N–H and O–H groups in total. The number of ether oxygens (including phenoxy) is 1. The van der Waals surface area contributed by atoms with Crippen molar-refractivity contribution < 1.29 is 9.53 Å². The maximum absolute atomic E-state index is 12.1. The van der Waals surface area contributed by atoms with Gasteiger partial charge in [0.2, 0.25) is 0 Å². The number of esters is 1. The molecule has 2 aliphatic rings. The van der Waals surface area contributed by atoms with Crippen molar-refractivity contribution >= 4 is 5.97 Å². The van der Waals surface area contributed by atoms with Gasteiger partial charge in [0, 0.05) is 12.1 Å². The molecule has 2 aliphatic carbocycles. The van der Waals surface area contributed by atoms with Crippen molar-refractivity contribution in [3.8, 4) is 0 Å². The van der Waals surface area contributed by atoms with Crippen LogP contribution in [0.1, 0.15) is 78.1 Å². The van der Waals surface area contributed by atoms with Gasteiger partial charge in [0.05, 0.1) is 12.6 Å². The third kappa shape index (κ3) is 4.76. The predicted molar refractivity (Wildman–Crippen MR) is 81.7 cm³/mol. The molecule has 3 heteroatoms. The van der Waals surface area contributed by atoms with Gasteiger partial charge in [-0.25, -0.2) is 0 Å². The molecule has 2 saturated carbocycles. The summed E-state index contributed by atoms with van der Waals surface area (Å²) in [7, 11) is 0. The van der Waals surface area contributed by atoms with Gasteiger partial charge in [0.15, 0.2) is 0 Å². The first-order chi connectivity index (χ1) is 9.66. The lowest BCUT2D eigenvalue weighted by Gasteiger charge is -2.41. The molecule has 0 radical (unpaired) electrons. The van der Waals surface area contributed by atoms with Gasteiger partial charge in [-0.3, -0.25) is 9.69 Å². The molecule has 0 saturated heterocycles. The summed E-state index contributed by atoms with van der Waals surface area (Å²) < 4.78 is 5.38. The minimum atomic E-state index is -0.0313. The molecule has 0 aromatic heterocycles. The standard InChI is InChI=1S/C17H31NO2/c1-14(2)20-17(19)13-18(15-9-5-3-6-10-15)16-11-7-4-8-12-16/h14-16H,3-13H2,1-2H3. The summed E-state index contributed by atoms with van der Waals surface area (Å²) in [5.74, 6) is -0.0313. The predicted octanol–water partition coefficient (Wildman–Crippen LogP) is 3.91. The van der Waals surface area contributed by atoms with Gasteiger partial charge in [-0.05, 0) is 39.5 Å². The van der Waals surface area contributed by atoms with E-state index in [1.807, 2.05) is 13.8 Å². The van der Waals surface area contributed by atoms with Crippen molar-refractivity contribution in [1.29, 1.82) is 0 Å². The summed E-state index contributed by atoms with van der Waals surface area (Å²) in [6, 6.07) is 1.23. The van der Waals surface area contributed by atoms with E-state index in [9.17, 15) is 4.79 Å². The van der Waals surface area contributed by atoms with Crippen LogP contribution in [0.25, 0.3) is 0 Å². The zero-order valence-electron chi connectivity index (χ0n) is 13.3. The van der Waals surface area contributed by atoms with Crippen LogP contribution >= 0.6 is 0 Å². The van der Waals surface area contributed by atoms with E-state index in [0.29, 0.717) is 18.6 Å². The lowest BCUT2D eigenvalue weighted by molar-refractivity contribution is -0.150. The third-order valence-corrected chi connectivity index (χ3v) is 4.77. The molecule has 0 heterocycles. The number of nitrogens with zero attached hydrogens (tertiary/aromatic N) is 1. The van der Waals surface area contributed by atoms with Crippen molar-refractivity contribution in [2.24, 2.45) is 0 Å². The largest absolute Gasteiger partial charge is 0.462 e. The Hall–Kier alpha value is -0.570. The smallest absolute Gasteiger partial charge is 0.320 e. The van der Waals surface area contributed by atoms with Crippen molar-refractivity contribution in [2.45, 2.75) is 96.2 Å². The zero-order valence-corrected chi connectivity index (χ0v) is 13.3. The molecule has 0 aromatic rings. The SMILES string of the molecule is CC(C)OC(=O)CN(C1CCCCC1)C1CCCCC1. The summed E-state index contributed by atoms with van der Waals surface area (Å²) in [6.45, 7) is 4.38. The first-order valence-electron chi connectivity index (χ1n) is 8.62. The van der Waals surface area contributed by atoms with Crippen LogP contribution in [-0.4, -0.2) is 35.6 Å². The number of rotatable bonds is 5. The van der Waals surface area contributed by atoms with E-state index in [1.165, 1.54) is 64.2 Å². The minimum absolute atomic E-state index is 0.00191. The minimum Gasteiger partial charge on any atom is -0.462 e. The zero-order chi connectivity index (χ0) is 14.4. The lowest BCUT2D eigenvalue weighted by atomic mass is 9.88. The van der Waals surface area contributed by atoms with E-state index >= 15 is 0 Å². The van der Waals surface area contributed by atoms with Crippen LogP contribution in [0.15, 0.2) is 0 Å². The molecule has 20 heavy (non-hydrogen) atoms. The van der Waals surface area contributed by atoms with Crippen LogP contribution < -0.4 is 0 Å². The van der Waals surface area contributed by atoms with E-state index < -0.39 is 0 Å². The number of hydrogen-bond donors (Lipinski definition) is 0. The van der Waals surface area contributed by atoms with E-state index in [4.69, 9.17) is 4.74 Å². The molecule has 116 valence electrons. The molecule has 0 spiro atoms. The Labute approximate surface area is 124 Å². The molecule has 0 bridgehead atoms. The summed E-state index contributed by atoms with van der Waals surface area (Å²) >= 11 is 0. The Bertz CT molecular complexity index is 273. The molecular formula is C17H31NO2. The highest BCUT2D eigenvalue weighted by Crippen LogP contribution is 2.30. The lowest BCUT2D eigenvalue weighted by Crippen LogP contribution is -2.48. The Morgan fingerprint density at radius 2 is 1.40 bits per heavy atom. The second-order valence-electron chi connectivity index (χ2n) is 6.79. The molecule has 0 amide bonds. The van der Waals surface area contributed by atoms with Crippen LogP contribution in [0, 0.1) is 0 Å². The van der Waals surface area contributed by atoms with Crippen molar-refractivity contribution in [2.75, 3.05) is 6.54 Å². The highest BCUT2D eigenvalue weighted by atomic mass is 16.5. The fourth-order valence-electron chi connectivity index (χ4n) is 3.83. The molecule has 0 unspecified atom stereocenters. The second-order valence-corrected chi connectivity index (χ2v) is 6.79. The number of hydrogen-bond acceptors (Lipinski definition) is 3. The maximum Gasteiger partial charge on any atom is 0.320 e. The van der Waals surface area contributed by atoms with Crippen molar-refractivity contribution in [3.63, 3.8) is 0 Å². The first kappa shape index (κ1) is 15.8. The topological polar surface area (TPSA) is 29.5 Å². The highest BCUT2D eigenvalue weighted by Gasteiger charge is 2.30. The van der Waals surface area contributed by atoms with Crippen LogP contribution in [0.5, 0.6) is 0 Å². The van der Waals surface area contributed by atoms with Crippen LogP contribution in [-0.2, 0) is 9.53 Å². The van der Waals surface area contributed by atoms with E-state index in [-0.39, 0.29) is 12.1 Å². The van der Waals surface area contributed by atoms with Gasteiger partial charge in [0.25, 0.3) is 0 Å². The van der Waals surface area contributed by atoms with E-state index in [2.05, 4.69) is 4.90 Å². The van der Waals surface area contributed by atoms with Gasteiger partial charge in [-0.15, -0.1) is 0 Å². The summed E-state index contributed by atoms with van der Waals surface area (Å²) in [5, 5.41) is 0. The fourth-order valence-corrected chi connectivity index (χ4v) is 3.83. The van der Waals surface area contributed by atoms with Crippen molar-refractivity contribution in [3.05, 3.63) is 0 Å². The van der Waals surface area contributed by atoms with Gasteiger partial charge in [0.1, 0.15) is 0 Å². The second kappa shape index (κ2) is 8.02. The van der Waals surface area contributed by atoms with E-state index in [0.717, 1.165) is 0 Å². The molecule has 2 rings (SSSR count). The normalized spacial score (nSPS) is 22.4. The number of carbonyl (C=O) groups is 1. The molecular weight excluding hydrogens is 250 g/mol. The van der Waals surface area contributed by atoms with E-state index in [1.54, 1.807) is 0 Å². The van der Waals surface area contributed by atoms with Gasteiger partial charge >= 0.3 is 5.97 Å². The average Bonchev–Trinajstić information content (AvgIpc) is 2.46. The molecule has 0 atom stereocenters. The Morgan fingerprint density at radius 1 is 0.950 bits per heavy atom. The van der Waals surface area contributed by atoms with Crippen LogP contribution in [0.4, 0.5) is 0 Å². The van der Waals surface area contributed by atoms with Gasteiger partial charge in [-0.1, -0.05) is 38.5 Å². The maximum atomic E-state index is 12.1. The molecule has 0 aromatic carbocycles. The third-order valence-electron chi connectivity index (χ3n) is 4.77. The Balaban J connectivity index is 1.96. The quantitative estimate of drug-likeness (QED) is 0.716. The monoisotopic (exact) mass is 281 g/mol. The van der Waals surface area contributed by atoms with Crippen molar-refractivity contribution in [1.82, 2.24) is 4.90 Å². The first-order valence-corrected chi connectivity index (χ1v) is 8.62. The molecule has 3 nitrogen and oxygen atoms in total.